The number of esters is 1. The smallest absolute Gasteiger partial charge is 0.349 e. The van der Waals surface area contributed by atoms with Gasteiger partial charge in [-0.25, -0.2) is 13.2 Å². The summed E-state index contributed by atoms with van der Waals surface area (Å²) in [7, 11) is -2.78. The Kier molecular flexibility index (Phi) is 4.21. The number of carbonyl (C=O) groups excluding carboxylic acids is 1. The van der Waals surface area contributed by atoms with E-state index in [0.717, 1.165) is 11.3 Å². The van der Waals surface area contributed by atoms with Crippen molar-refractivity contribution in [1.29, 1.82) is 0 Å². The van der Waals surface area contributed by atoms with Crippen LogP contribution in [0.1, 0.15) is 9.67 Å². The molecule has 0 aliphatic rings. The van der Waals surface area contributed by atoms with E-state index >= 15 is 0 Å². The van der Waals surface area contributed by atoms with E-state index in [1.165, 1.54) is 30.7 Å². The number of hydrogen-bond donors (Lipinski definition) is 1. The van der Waals surface area contributed by atoms with Crippen molar-refractivity contribution in [2.45, 2.75) is 4.90 Å². The molecular weight excluding hydrogens is 326 g/mol. The maximum atomic E-state index is 12.2. The zero-order valence-corrected chi connectivity index (χ0v) is 12.4. The minimum atomic E-state index is -3.95. The summed E-state index contributed by atoms with van der Waals surface area (Å²) >= 11 is 6.53. The van der Waals surface area contributed by atoms with Gasteiger partial charge in [-0.2, -0.15) is 0 Å². The Morgan fingerprint density at radius 2 is 2.10 bits per heavy atom. The number of nitrogens with one attached hydrogen (secondary N) is 1. The molecule has 2 aromatic heterocycles. The van der Waals surface area contributed by atoms with E-state index in [-0.39, 0.29) is 20.7 Å². The summed E-state index contributed by atoms with van der Waals surface area (Å²) < 4.78 is 31.1. The van der Waals surface area contributed by atoms with E-state index in [4.69, 9.17) is 11.6 Å². The molecule has 0 amide bonds. The van der Waals surface area contributed by atoms with Gasteiger partial charge in [0.25, 0.3) is 10.0 Å². The summed E-state index contributed by atoms with van der Waals surface area (Å²) in [6.07, 6.45) is 0. The monoisotopic (exact) mass is 333 g/mol. The number of nitrogens with zero attached hydrogens (tertiary/aromatic N) is 2. The highest BCUT2D eigenvalue weighted by Gasteiger charge is 2.25. The fraction of sp³-hybridized carbons (Fsp3) is 0.100. The van der Waals surface area contributed by atoms with Gasteiger partial charge in [0.15, 0.2) is 11.0 Å². The number of carbonyl (C=O) groups is 1. The van der Waals surface area contributed by atoms with Crippen LogP contribution in [0, 0.1) is 0 Å². The number of rotatable bonds is 4. The van der Waals surface area contributed by atoms with Gasteiger partial charge in [-0.3, -0.25) is 4.72 Å². The first-order valence-corrected chi connectivity index (χ1v) is 7.86. The van der Waals surface area contributed by atoms with Gasteiger partial charge in [0.05, 0.1) is 7.11 Å². The van der Waals surface area contributed by atoms with Gasteiger partial charge < -0.3 is 4.74 Å². The van der Waals surface area contributed by atoms with Gasteiger partial charge in [0.2, 0.25) is 0 Å². The van der Waals surface area contributed by atoms with Gasteiger partial charge in [0.1, 0.15) is 9.77 Å². The first-order chi connectivity index (χ1) is 9.44. The highest BCUT2D eigenvalue weighted by molar-refractivity contribution is 7.93. The first-order valence-electron chi connectivity index (χ1n) is 5.12. The largest absolute Gasteiger partial charge is 0.465 e. The lowest BCUT2D eigenvalue weighted by Gasteiger charge is -2.06. The molecule has 0 aliphatic carbocycles. The van der Waals surface area contributed by atoms with E-state index in [9.17, 15) is 13.2 Å². The molecule has 10 heteroatoms. The number of halogens is 1. The molecular formula is C10H8ClN3O4S2. The number of thiophene rings is 1. The van der Waals surface area contributed by atoms with Crippen LogP contribution in [0.2, 0.25) is 5.15 Å². The Morgan fingerprint density at radius 3 is 2.70 bits per heavy atom. The van der Waals surface area contributed by atoms with Gasteiger partial charge in [-0.15, -0.1) is 21.5 Å². The predicted molar refractivity (Wildman–Crippen MR) is 73.5 cm³/mol. The van der Waals surface area contributed by atoms with Crippen molar-refractivity contribution in [3.8, 4) is 0 Å². The summed E-state index contributed by atoms with van der Waals surface area (Å²) in [5, 5.41) is 8.72. The molecule has 0 spiro atoms. The lowest BCUT2D eigenvalue weighted by Crippen LogP contribution is -2.16. The van der Waals surface area contributed by atoms with Crippen LogP contribution in [0.5, 0.6) is 0 Å². The molecule has 7 nitrogen and oxygen atoms in total. The third kappa shape index (κ3) is 3.06. The average molecular weight is 334 g/mol. The number of aromatic nitrogens is 2. The van der Waals surface area contributed by atoms with Crippen LogP contribution in [0.4, 0.5) is 5.82 Å². The van der Waals surface area contributed by atoms with E-state index < -0.39 is 16.0 Å². The van der Waals surface area contributed by atoms with Crippen LogP contribution in [-0.4, -0.2) is 31.7 Å². The fourth-order valence-corrected chi connectivity index (χ4v) is 3.75. The van der Waals surface area contributed by atoms with Crippen molar-refractivity contribution >= 4 is 44.7 Å². The van der Waals surface area contributed by atoms with Crippen molar-refractivity contribution in [3.05, 3.63) is 33.6 Å². The van der Waals surface area contributed by atoms with Gasteiger partial charge in [0, 0.05) is 0 Å². The highest BCUT2D eigenvalue weighted by atomic mass is 35.5. The molecule has 0 aromatic carbocycles. The van der Waals surface area contributed by atoms with Crippen molar-refractivity contribution in [3.63, 3.8) is 0 Å². The average Bonchev–Trinajstić information content (AvgIpc) is 2.90. The summed E-state index contributed by atoms with van der Waals surface area (Å²) in [4.78, 5) is 11.3. The lowest BCUT2D eigenvalue weighted by molar-refractivity contribution is 0.0602. The standard InChI is InChI=1S/C10H8ClN3O4S2/c1-18-10(15)9-6(4-5-19-9)20(16,17)14-8-3-2-7(11)12-13-8/h2-5H,1H3,(H,13,14). The lowest BCUT2D eigenvalue weighted by atomic mass is 10.5. The molecule has 2 rings (SSSR count). The van der Waals surface area contributed by atoms with Crippen LogP contribution in [-0.2, 0) is 14.8 Å². The Hall–Kier alpha value is -1.71. The van der Waals surface area contributed by atoms with Crippen molar-refractivity contribution in [2.75, 3.05) is 11.8 Å². The van der Waals surface area contributed by atoms with Crippen molar-refractivity contribution < 1.29 is 17.9 Å². The second kappa shape index (κ2) is 5.73. The maximum absolute atomic E-state index is 12.2. The van der Waals surface area contributed by atoms with E-state index in [0.29, 0.717) is 0 Å². The van der Waals surface area contributed by atoms with Crippen molar-refractivity contribution in [1.82, 2.24) is 10.2 Å². The Labute approximate surface area is 123 Å². The second-order valence-electron chi connectivity index (χ2n) is 3.45. The molecule has 0 aliphatic heterocycles. The minimum absolute atomic E-state index is 0.00332. The van der Waals surface area contributed by atoms with Crippen LogP contribution < -0.4 is 4.72 Å². The fourth-order valence-electron chi connectivity index (χ4n) is 1.31. The van der Waals surface area contributed by atoms with Gasteiger partial charge in [-0.05, 0) is 23.6 Å². The molecule has 1 N–H and O–H groups in total. The first kappa shape index (κ1) is 14.7. The number of hydrogen-bond acceptors (Lipinski definition) is 7. The summed E-state index contributed by atoms with van der Waals surface area (Å²) in [5.74, 6) is -0.723. The second-order valence-corrected chi connectivity index (χ2v) is 6.41. The molecule has 0 bridgehead atoms. The molecule has 0 fully saturated rings. The van der Waals surface area contributed by atoms with Crippen LogP contribution >= 0.6 is 22.9 Å². The number of ether oxygens (including phenoxy) is 1. The van der Waals surface area contributed by atoms with Crippen LogP contribution in [0.15, 0.2) is 28.5 Å². The topological polar surface area (TPSA) is 98.2 Å². The zero-order valence-electron chi connectivity index (χ0n) is 10.0. The summed E-state index contributed by atoms with van der Waals surface area (Å²) in [5.41, 5.74) is 0. The summed E-state index contributed by atoms with van der Waals surface area (Å²) in [6.45, 7) is 0. The summed E-state index contributed by atoms with van der Waals surface area (Å²) in [6, 6.07) is 4.06. The molecule has 0 unspecified atom stereocenters. The molecule has 106 valence electrons. The Morgan fingerprint density at radius 1 is 1.35 bits per heavy atom. The molecule has 0 radical (unpaired) electrons. The number of sulfonamides is 1. The molecule has 2 heterocycles. The van der Waals surface area contributed by atoms with Crippen LogP contribution in [0.25, 0.3) is 0 Å². The molecule has 20 heavy (non-hydrogen) atoms. The van der Waals surface area contributed by atoms with E-state index in [1.54, 1.807) is 0 Å². The third-order valence-electron chi connectivity index (χ3n) is 2.16. The normalized spacial score (nSPS) is 11.1. The quantitative estimate of drug-likeness (QED) is 0.856. The van der Waals surface area contributed by atoms with E-state index in [1.807, 2.05) is 0 Å². The zero-order chi connectivity index (χ0) is 14.8. The molecule has 2 aromatic rings. The van der Waals surface area contributed by atoms with Gasteiger partial charge in [-0.1, -0.05) is 11.6 Å². The third-order valence-corrected chi connectivity index (χ3v) is 4.78. The Bertz CT molecular complexity index is 727. The molecule has 0 saturated heterocycles. The predicted octanol–water partition coefficient (Wildman–Crippen LogP) is 1.78. The minimum Gasteiger partial charge on any atom is -0.465 e. The SMILES string of the molecule is COC(=O)c1sccc1S(=O)(=O)Nc1ccc(Cl)nn1. The number of anilines is 1. The van der Waals surface area contributed by atoms with E-state index in [2.05, 4.69) is 19.7 Å². The van der Waals surface area contributed by atoms with Crippen molar-refractivity contribution in [2.24, 2.45) is 0 Å². The van der Waals surface area contributed by atoms with Crippen LogP contribution in [0.3, 0.4) is 0 Å². The number of methoxy groups -OCH3 is 1. The molecule has 0 saturated carbocycles. The highest BCUT2D eigenvalue weighted by Crippen LogP contribution is 2.24. The van der Waals surface area contributed by atoms with Gasteiger partial charge >= 0.3 is 5.97 Å². The Balaban J connectivity index is 2.34. The molecule has 0 atom stereocenters. The maximum Gasteiger partial charge on any atom is 0.349 e.